The standard InChI is InChI=1S/C11H21NO5S2/c13-18(14)6-2-10(8-18)12-4-1-5-17-11-3-7-19(15,16)9-11/h10-12H,1-9H2. The Labute approximate surface area is 114 Å². The maximum atomic E-state index is 11.2. The van der Waals surface area contributed by atoms with Crippen molar-refractivity contribution in [2.24, 2.45) is 0 Å². The van der Waals surface area contributed by atoms with Gasteiger partial charge in [-0.15, -0.1) is 0 Å². The van der Waals surface area contributed by atoms with Gasteiger partial charge in [-0.3, -0.25) is 0 Å². The predicted octanol–water partition coefficient (Wildman–Crippen LogP) is -0.643. The van der Waals surface area contributed by atoms with Gasteiger partial charge in [-0.05, 0) is 25.8 Å². The van der Waals surface area contributed by atoms with Crippen LogP contribution in [0.1, 0.15) is 19.3 Å². The topological polar surface area (TPSA) is 89.5 Å². The second kappa shape index (κ2) is 6.07. The van der Waals surface area contributed by atoms with Gasteiger partial charge in [0.15, 0.2) is 19.7 Å². The number of ether oxygens (including phenoxy) is 1. The second-order valence-electron chi connectivity index (χ2n) is 5.30. The molecule has 0 bridgehead atoms. The largest absolute Gasteiger partial charge is 0.377 e. The van der Waals surface area contributed by atoms with Gasteiger partial charge in [0.25, 0.3) is 0 Å². The molecule has 2 saturated heterocycles. The molecule has 0 saturated carbocycles. The molecule has 0 aromatic rings. The van der Waals surface area contributed by atoms with Crippen LogP contribution in [0.15, 0.2) is 0 Å². The van der Waals surface area contributed by atoms with Crippen LogP contribution in [0.2, 0.25) is 0 Å². The van der Waals surface area contributed by atoms with E-state index in [2.05, 4.69) is 5.32 Å². The fourth-order valence-corrected chi connectivity index (χ4v) is 5.80. The first-order valence-corrected chi connectivity index (χ1v) is 10.3. The molecule has 2 fully saturated rings. The molecule has 0 amide bonds. The Morgan fingerprint density at radius 1 is 1.00 bits per heavy atom. The van der Waals surface area contributed by atoms with Gasteiger partial charge in [0, 0.05) is 12.6 Å². The Morgan fingerprint density at radius 2 is 1.68 bits per heavy atom. The van der Waals surface area contributed by atoms with E-state index in [4.69, 9.17) is 4.74 Å². The second-order valence-corrected chi connectivity index (χ2v) is 9.76. The zero-order chi connectivity index (χ0) is 13.9. The van der Waals surface area contributed by atoms with Crippen LogP contribution in [0.25, 0.3) is 0 Å². The summed E-state index contributed by atoms with van der Waals surface area (Å²) in [6, 6.07) is 0.0665. The van der Waals surface area contributed by atoms with Crippen LogP contribution in [-0.4, -0.2) is 65.1 Å². The summed E-state index contributed by atoms with van der Waals surface area (Å²) in [5.41, 5.74) is 0. The molecular formula is C11H21NO5S2. The van der Waals surface area contributed by atoms with Crippen molar-refractivity contribution in [3.8, 4) is 0 Å². The van der Waals surface area contributed by atoms with Crippen molar-refractivity contribution in [1.29, 1.82) is 0 Å². The minimum Gasteiger partial charge on any atom is -0.377 e. The first-order valence-electron chi connectivity index (χ1n) is 6.62. The number of hydrogen-bond acceptors (Lipinski definition) is 6. The summed E-state index contributed by atoms with van der Waals surface area (Å²) < 4.78 is 50.4. The average molecular weight is 311 g/mol. The zero-order valence-electron chi connectivity index (χ0n) is 10.9. The quantitative estimate of drug-likeness (QED) is 0.656. The molecule has 2 atom stereocenters. The number of rotatable bonds is 6. The Bertz CT molecular complexity index is 453. The highest BCUT2D eigenvalue weighted by atomic mass is 32.2. The van der Waals surface area contributed by atoms with E-state index in [1.165, 1.54) is 0 Å². The van der Waals surface area contributed by atoms with Crippen LogP contribution in [0.3, 0.4) is 0 Å². The maximum absolute atomic E-state index is 11.2. The van der Waals surface area contributed by atoms with E-state index in [9.17, 15) is 16.8 Å². The normalized spacial score (nSPS) is 32.6. The van der Waals surface area contributed by atoms with E-state index >= 15 is 0 Å². The molecule has 8 heteroatoms. The summed E-state index contributed by atoms with van der Waals surface area (Å²) >= 11 is 0. The molecule has 19 heavy (non-hydrogen) atoms. The van der Waals surface area contributed by atoms with E-state index in [0.717, 1.165) is 6.42 Å². The first kappa shape index (κ1) is 15.2. The van der Waals surface area contributed by atoms with Crippen molar-refractivity contribution in [3.05, 3.63) is 0 Å². The van der Waals surface area contributed by atoms with Crippen molar-refractivity contribution < 1.29 is 21.6 Å². The van der Waals surface area contributed by atoms with Crippen molar-refractivity contribution in [2.75, 3.05) is 36.2 Å². The van der Waals surface area contributed by atoms with Gasteiger partial charge in [0.1, 0.15) is 0 Å². The Hall–Kier alpha value is -0.180. The summed E-state index contributed by atoms with van der Waals surface area (Å²) in [6.45, 7) is 1.23. The van der Waals surface area contributed by atoms with Gasteiger partial charge in [0.2, 0.25) is 0 Å². The predicted molar refractivity (Wildman–Crippen MR) is 72.7 cm³/mol. The molecule has 2 aliphatic heterocycles. The maximum Gasteiger partial charge on any atom is 0.152 e. The van der Waals surface area contributed by atoms with Crippen molar-refractivity contribution >= 4 is 19.7 Å². The lowest BCUT2D eigenvalue weighted by Crippen LogP contribution is -2.31. The third kappa shape index (κ3) is 5.02. The molecule has 0 aromatic carbocycles. The number of hydrogen-bond donors (Lipinski definition) is 1. The number of sulfone groups is 2. The molecular weight excluding hydrogens is 290 g/mol. The van der Waals surface area contributed by atoms with Crippen LogP contribution in [0.4, 0.5) is 0 Å². The lowest BCUT2D eigenvalue weighted by Gasteiger charge is -2.12. The molecule has 2 rings (SSSR count). The SMILES string of the molecule is O=S1(=O)CCC(NCCCOC2CCS(=O)(=O)C2)C1. The Morgan fingerprint density at radius 3 is 2.26 bits per heavy atom. The monoisotopic (exact) mass is 311 g/mol. The molecule has 2 aliphatic rings. The van der Waals surface area contributed by atoms with Gasteiger partial charge in [0.05, 0.1) is 29.1 Å². The first-order chi connectivity index (χ1) is 8.86. The molecule has 112 valence electrons. The molecule has 0 aliphatic carbocycles. The number of nitrogens with one attached hydrogen (secondary N) is 1. The van der Waals surface area contributed by atoms with Crippen LogP contribution in [0, 0.1) is 0 Å². The van der Waals surface area contributed by atoms with Gasteiger partial charge in [-0.2, -0.15) is 0 Å². The van der Waals surface area contributed by atoms with Crippen molar-refractivity contribution in [2.45, 2.75) is 31.4 Å². The van der Waals surface area contributed by atoms with E-state index in [0.29, 0.717) is 26.0 Å². The van der Waals surface area contributed by atoms with Gasteiger partial charge >= 0.3 is 0 Å². The molecule has 6 nitrogen and oxygen atoms in total. The van der Waals surface area contributed by atoms with E-state index in [1.54, 1.807) is 0 Å². The minimum atomic E-state index is -2.87. The summed E-state index contributed by atoms with van der Waals surface area (Å²) in [7, 11) is -5.70. The summed E-state index contributed by atoms with van der Waals surface area (Å²) in [5.74, 6) is 0.882. The third-order valence-corrected chi connectivity index (χ3v) is 7.04. The van der Waals surface area contributed by atoms with Crippen LogP contribution >= 0.6 is 0 Å². The Kier molecular flexibility index (Phi) is 4.86. The Balaban J connectivity index is 1.54. The average Bonchev–Trinajstić information content (AvgIpc) is 2.81. The summed E-state index contributed by atoms with van der Waals surface area (Å²) in [4.78, 5) is 0. The molecule has 2 heterocycles. The van der Waals surface area contributed by atoms with Crippen LogP contribution < -0.4 is 5.32 Å². The fourth-order valence-electron chi connectivity index (χ4n) is 2.48. The van der Waals surface area contributed by atoms with E-state index in [-0.39, 0.29) is 35.2 Å². The van der Waals surface area contributed by atoms with Crippen molar-refractivity contribution in [1.82, 2.24) is 5.32 Å². The highest BCUT2D eigenvalue weighted by Crippen LogP contribution is 2.15. The van der Waals surface area contributed by atoms with Gasteiger partial charge in [-0.25, -0.2) is 16.8 Å². The zero-order valence-corrected chi connectivity index (χ0v) is 12.5. The summed E-state index contributed by atoms with van der Waals surface area (Å²) in [6.07, 6.45) is 1.89. The smallest absolute Gasteiger partial charge is 0.152 e. The van der Waals surface area contributed by atoms with E-state index < -0.39 is 19.7 Å². The lowest BCUT2D eigenvalue weighted by molar-refractivity contribution is 0.0691. The van der Waals surface area contributed by atoms with Crippen molar-refractivity contribution in [3.63, 3.8) is 0 Å². The third-order valence-electron chi connectivity index (χ3n) is 3.53. The summed E-state index contributed by atoms with van der Waals surface area (Å²) in [5, 5.41) is 3.20. The van der Waals surface area contributed by atoms with Gasteiger partial charge in [-0.1, -0.05) is 0 Å². The van der Waals surface area contributed by atoms with Crippen LogP contribution in [0.5, 0.6) is 0 Å². The lowest BCUT2D eigenvalue weighted by atomic mass is 10.2. The minimum absolute atomic E-state index is 0.0665. The fraction of sp³-hybridized carbons (Fsp3) is 1.00. The molecule has 1 N–H and O–H groups in total. The molecule has 0 spiro atoms. The molecule has 0 aromatic heterocycles. The molecule has 0 radical (unpaired) electrons. The molecule has 2 unspecified atom stereocenters. The van der Waals surface area contributed by atoms with Crippen LogP contribution in [-0.2, 0) is 24.4 Å². The van der Waals surface area contributed by atoms with E-state index in [1.807, 2.05) is 0 Å². The highest BCUT2D eigenvalue weighted by Gasteiger charge is 2.29. The highest BCUT2D eigenvalue weighted by molar-refractivity contribution is 7.91. The van der Waals surface area contributed by atoms with Gasteiger partial charge < -0.3 is 10.1 Å².